The van der Waals surface area contributed by atoms with Gasteiger partial charge in [-0.2, -0.15) is 0 Å². The van der Waals surface area contributed by atoms with Gasteiger partial charge in [0, 0.05) is 6.54 Å². The molecule has 0 saturated heterocycles. The number of hydrogen-bond donors (Lipinski definition) is 2. The predicted molar refractivity (Wildman–Crippen MR) is 73.5 cm³/mol. The molecule has 0 fully saturated rings. The molecule has 0 saturated carbocycles. The van der Waals surface area contributed by atoms with Gasteiger partial charge < -0.3 is 29.4 Å². The molecule has 0 aliphatic heterocycles. The Labute approximate surface area is 116 Å². The molecule has 0 bridgehead atoms. The molecular weight excluding hydrogens is 250 g/mol. The van der Waals surface area contributed by atoms with E-state index in [2.05, 4.69) is 12.2 Å². The molecule has 0 rings (SSSR count). The SMILES string of the molecule is CCCNCCOCCOCCOCCOCCO. The summed E-state index contributed by atoms with van der Waals surface area (Å²) >= 11 is 0. The van der Waals surface area contributed by atoms with Gasteiger partial charge in [-0.15, -0.1) is 0 Å². The quantitative estimate of drug-likeness (QED) is 0.389. The second-order valence-electron chi connectivity index (χ2n) is 3.92. The van der Waals surface area contributed by atoms with Crippen molar-refractivity contribution >= 4 is 0 Å². The van der Waals surface area contributed by atoms with E-state index in [1.165, 1.54) is 0 Å². The summed E-state index contributed by atoms with van der Waals surface area (Å²) in [4.78, 5) is 0. The summed E-state index contributed by atoms with van der Waals surface area (Å²) in [7, 11) is 0. The van der Waals surface area contributed by atoms with E-state index < -0.39 is 0 Å². The number of ether oxygens (including phenoxy) is 4. The number of nitrogens with one attached hydrogen (secondary N) is 1. The fourth-order valence-corrected chi connectivity index (χ4v) is 1.27. The highest BCUT2D eigenvalue weighted by Crippen LogP contribution is 1.82. The molecule has 2 N–H and O–H groups in total. The van der Waals surface area contributed by atoms with Gasteiger partial charge in [0.25, 0.3) is 0 Å². The largest absolute Gasteiger partial charge is 0.394 e. The highest BCUT2D eigenvalue weighted by molar-refractivity contribution is 4.43. The Morgan fingerprint density at radius 3 is 1.63 bits per heavy atom. The Balaban J connectivity index is 2.88. The zero-order valence-electron chi connectivity index (χ0n) is 12.1. The monoisotopic (exact) mass is 279 g/mol. The van der Waals surface area contributed by atoms with Crippen LogP contribution in [0.4, 0.5) is 0 Å². The van der Waals surface area contributed by atoms with Gasteiger partial charge in [0.1, 0.15) is 0 Å². The van der Waals surface area contributed by atoms with E-state index in [-0.39, 0.29) is 6.61 Å². The van der Waals surface area contributed by atoms with Crippen molar-refractivity contribution in [3.8, 4) is 0 Å². The second kappa shape index (κ2) is 17.8. The van der Waals surface area contributed by atoms with Crippen LogP contribution in [0.2, 0.25) is 0 Å². The third-order valence-corrected chi connectivity index (χ3v) is 2.20. The van der Waals surface area contributed by atoms with E-state index in [0.29, 0.717) is 46.2 Å². The summed E-state index contributed by atoms with van der Waals surface area (Å²) in [5.74, 6) is 0. The summed E-state index contributed by atoms with van der Waals surface area (Å²) in [6.45, 7) is 8.59. The Kier molecular flexibility index (Phi) is 17.5. The van der Waals surface area contributed by atoms with Crippen molar-refractivity contribution in [2.24, 2.45) is 0 Å². The highest BCUT2D eigenvalue weighted by Gasteiger charge is 1.92. The van der Waals surface area contributed by atoms with E-state index in [1.54, 1.807) is 0 Å². The van der Waals surface area contributed by atoms with Crippen LogP contribution < -0.4 is 5.32 Å². The average molecular weight is 279 g/mol. The van der Waals surface area contributed by atoms with Gasteiger partial charge in [0.2, 0.25) is 0 Å². The van der Waals surface area contributed by atoms with Crippen molar-refractivity contribution in [1.82, 2.24) is 5.32 Å². The summed E-state index contributed by atoms with van der Waals surface area (Å²) < 4.78 is 21.0. The summed E-state index contributed by atoms with van der Waals surface area (Å²) in [6, 6.07) is 0. The molecule has 0 aromatic carbocycles. The van der Waals surface area contributed by atoms with Crippen molar-refractivity contribution < 1.29 is 24.1 Å². The number of aliphatic hydroxyl groups excluding tert-OH is 1. The molecule has 0 aliphatic carbocycles. The van der Waals surface area contributed by atoms with E-state index in [9.17, 15) is 0 Å². The van der Waals surface area contributed by atoms with Crippen LogP contribution >= 0.6 is 0 Å². The van der Waals surface area contributed by atoms with Crippen LogP contribution in [-0.4, -0.2) is 77.7 Å². The first-order valence-electron chi connectivity index (χ1n) is 7.04. The van der Waals surface area contributed by atoms with E-state index in [1.807, 2.05) is 0 Å². The molecule has 19 heavy (non-hydrogen) atoms. The van der Waals surface area contributed by atoms with Crippen molar-refractivity contribution in [3.63, 3.8) is 0 Å². The Morgan fingerprint density at radius 2 is 1.16 bits per heavy atom. The topological polar surface area (TPSA) is 69.2 Å². The summed E-state index contributed by atoms with van der Waals surface area (Å²) in [6.07, 6.45) is 1.15. The molecule has 0 radical (unpaired) electrons. The fourth-order valence-electron chi connectivity index (χ4n) is 1.27. The predicted octanol–water partition coefficient (Wildman–Crippen LogP) is 0.0447. The van der Waals surface area contributed by atoms with Crippen LogP contribution in [0.5, 0.6) is 0 Å². The van der Waals surface area contributed by atoms with Crippen LogP contribution in [-0.2, 0) is 18.9 Å². The first-order valence-corrected chi connectivity index (χ1v) is 7.04. The van der Waals surface area contributed by atoms with Gasteiger partial charge in [0.15, 0.2) is 0 Å². The van der Waals surface area contributed by atoms with Gasteiger partial charge in [-0.3, -0.25) is 0 Å². The minimum absolute atomic E-state index is 0.0527. The molecule has 0 spiro atoms. The number of aliphatic hydroxyl groups is 1. The fraction of sp³-hybridized carbons (Fsp3) is 1.00. The van der Waals surface area contributed by atoms with Gasteiger partial charge in [0.05, 0.1) is 59.5 Å². The third kappa shape index (κ3) is 17.8. The molecule has 0 unspecified atom stereocenters. The van der Waals surface area contributed by atoms with Crippen molar-refractivity contribution in [2.75, 3.05) is 72.6 Å². The molecule has 116 valence electrons. The van der Waals surface area contributed by atoms with Gasteiger partial charge in [-0.05, 0) is 13.0 Å². The third-order valence-electron chi connectivity index (χ3n) is 2.20. The molecule has 6 nitrogen and oxygen atoms in total. The van der Waals surface area contributed by atoms with Crippen LogP contribution in [0.25, 0.3) is 0 Å². The second-order valence-corrected chi connectivity index (χ2v) is 3.92. The zero-order chi connectivity index (χ0) is 14.0. The normalized spacial score (nSPS) is 11.1. The van der Waals surface area contributed by atoms with Crippen molar-refractivity contribution in [1.29, 1.82) is 0 Å². The van der Waals surface area contributed by atoms with Crippen molar-refractivity contribution in [2.45, 2.75) is 13.3 Å². The van der Waals surface area contributed by atoms with Gasteiger partial charge in [-0.1, -0.05) is 6.92 Å². The zero-order valence-corrected chi connectivity index (χ0v) is 12.1. The van der Waals surface area contributed by atoms with Gasteiger partial charge in [-0.25, -0.2) is 0 Å². The number of hydrogen-bond acceptors (Lipinski definition) is 6. The Bertz CT molecular complexity index is 144. The van der Waals surface area contributed by atoms with Crippen molar-refractivity contribution in [3.05, 3.63) is 0 Å². The molecule has 6 heteroatoms. The molecule has 0 aromatic rings. The van der Waals surface area contributed by atoms with Gasteiger partial charge >= 0.3 is 0 Å². The van der Waals surface area contributed by atoms with E-state index >= 15 is 0 Å². The Morgan fingerprint density at radius 1 is 0.684 bits per heavy atom. The Hall–Kier alpha value is -0.240. The molecular formula is C13H29NO5. The maximum atomic E-state index is 8.47. The minimum atomic E-state index is 0.0527. The molecule has 0 aromatic heterocycles. The highest BCUT2D eigenvalue weighted by atomic mass is 16.6. The summed E-state index contributed by atoms with van der Waals surface area (Å²) in [5.41, 5.74) is 0. The van der Waals surface area contributed by atoms with Crippen LogP contribution in [0, 0.1) is 0 Å². The molecule has 0 heterocycles. The number of rotatable bonds is 16. The smallest absolute Gasteiger partial charge is 0.0701 e. The first kappa shape index (κ1) is 18.8. The summed E-state index contributed by atoms with van der Waals surface area (Å²) in [5, 5.41) is 11.7. The maximum absolute atomic E-state index is 8.47. The lowest BCUT2D eigenvalue weighted by molar-refractivity contribution is -0.00518. The average Bonchev–Trinajstić information content (AvgIpc) is 2.43. The molecule has 0 aliphatic rings. The standard InChI is InChI=1S/C13H29NO5/c1-2-3-14-4-6-16-8-10-18-12-13-19-11-9-17-7-5-15/h14-15H,2-13H2,1H3. The van der Waals surface area contributed by atoms with Crippen LogP contribution in [0.3, 0.4) is 0 Å². The maximum Gasteiger partial charge on any atom is 0.0701 e. The van der Waals surface area contributed by atoms with E-state index in [0.717, 1.165) is 26.1 Å². The lowest BCUT2D eigenvalue weighted by Gasteiger charge is -2.07. The van der Waals surface area contributed by atoms with Crippen LogP contribution in [0.15, 0.2) is 0 Å². The molecule has 0 amide bonds. The molecule has 0 atom stereocenters. The van der Waals surface area contributed by atoms with E-state index in [4.69, 9.17) is 24.1 Å². The minimum Gasteiger partial charge on any atom is -0.394 e. The first-order chi connectivity index (χ1) is 9.41. The lowest BCUT2D eigenvalue weighted by atomic mass is 10.5. The van der Waals surface area contributed by atoms with Crippen LogP contribution in [0.1, 0.15) is 13.3 Å². The lowest BCUT2D eigenvalue weighted by Crippen LogP contribution is -2.21.